The van der Waals surface area contributed by atoms with E-state index in [9.17, 15) is 0 Å². The van der Waals surface area contributed by atoms with E-state index in [0.29, 0.717) is 0 Å². The van der Waals surface area contributed by atoms with Crippen molar-refractivity contribution in [1.82, 2.24) is 0 Å². The van der Waals surface area contributed by atoms with Crippen molar-refractivity contribution < 1.29 is 0 Å². The summed E-state index contributed by atoms with van der Waals surface area (Å²) >= 11 is 1.85. The molecule has 0 bridgehead atoms. The van der Waals surface area contributed by atoms with Crippen molar-refractivity contribution in [1.29, 1.82) is 0 Å². The maximum absolute atomic E-state index is 2.29. The van der Waals surface area contributed by atoms with Crippen LogP contribution in [0.3, 0.4) is 0 Å². The third-order valence-electron chi connectivity index (χ3n) is 2.08. The molecule has 2 heteroatoms. The molecule has 0 amide bonds. The van der Waals surface area contributed by atoms with E-state index in [2.05, 4.69) is 36.6 Å². The van der Waals surface area contributed by atoms with Gasteiger partial charge < -0.3 is 0 Å². The number of thiophene rings is 1. The summed E-state index contributed by atoms with van der Waals surface area (Å²) in [5, 5.41) is 3.73. The molecule has 0 saturated carbocycles. The fourth-order valence-corrected chi connectivity index (χ4v) is 2.49. The molecule has 0 aliphatic carbocycles. The van der Waals surface area contributed by atoms with Crippen LogP contribution in [0.1, 0.15) is 18.9 Å². The molecule has 0 fully saturated rings. The average molecular weight is 304 g/mol. The Hall–Kier alpha value is -0.0900. The zero-order chi connectivity index (χ0) is 8.39. The predicted molar refractivity (Wildman–Crippen MR) is 71.2 cm³/mol. The normalized spacial score (nSPS) is 9.92. The van der Waals surface area contributed by atoms with Crippen molar-refractivity contribution in [2.24, 2.45) is 0 Å². The van der Waals surface area contributed by atoms with Gasteiger partial charge >= 0.3 is 0 Å². The SMILES string of the molecule is CCCc1csc2ccccc12.I. The first-order valence-corrected chi connectivity index (χ1v) is 5.25. The summed E-state index contributed by atoms with van der Waals surface area (Å²) in [6.07, 6.45) is 2.45. The summed E-state index contributed by atoms with van der Waals surface area (Å²) in [6.45, 7) is 2.23. The van der Waals surface area contributed by atoms with Crippen molar-refractivity contribution in [2.45, 2.75) is 19.8 Å². The lowest BCUT2D eigenvalue weighted by Gasteiger charge is -1.94. The monoisotopic (exact) mass is 304 g/mol. The van der Waals surface area contributed by atoms with E-state index >= 15 is 0 Å². The van der Waals surface area contributed by atoms with Crippen LogP contribution >= 0.6 is 35.3 Å². The molecule has 0 atom stereocenters. The van der Waals surface area contributed by atoms with Crippen molar-refractivity contribution in [3.63, 3.8) is 0 Å². The fraction of sp³-hybridized carbons (Fsp3) is 0.273. The number of benzene rings is 1. The molecular formula is C11H13IS. The summed E-state index contributed by atoms with van der Waals surface area (Å²) < 4.78 is 1.42. The van der Waals surface area contributed by atoms with Crippen LogP contribution in [0, 0.1) is 0 Å². The molecule has 1 aromatic heterocycles. The highest BCUT2D eigenvalue weighted by Gasteiger charge is 2.00. The number of rotatable bonds is 2. The maximum Gasteiger partial charge on any atom is 0.0345 e. The number of halogens is 1. The predicted octanol–water partition coefficient (Wildman–Crippen LogP) is 4.47. The topological polar surface area (TPSA) is 0 Å². The molecule has 1 aromatic carbocycles. The van der Waals surface area contributed by atoms with Crippen LogP contribution in [-0.2, 0) is 6.42 Å². The van der Waals surface area contributed by atoms with Gasteiger partial charge in [0.1, 0.15) is 0 Å². The number of aryl methyl sites for hydroxylation is 1. The van der Waals surface area contributed by atoms with E-state index in [1.54, 1.807) is 0 Å². The Labute approximate surface area is 100.0 Å². The Kier molecular flexibility index (Phi) is 4.19. The second-order valence-electron chi connectivity index (χ2n) is 3.01. The number of hydrogen-bond donors (Lipinski definition) is 0. The largest absolute Gasteiger partial charge is 0.144 e. The summed E-state index contributed by atoms with van der Waals surface area (Å²) in [6, 6.07) is 8.64. The Morgan fingerprint density at radius 1 is 1.23 bits per heavy atom. The molecule has 0 radical (unpaired) electrons. The summed E-state index contributed by atoms with van der Waals surface area (Å²) in [7, 11) is 0. The van der Waals surface area contributed by atoms with Crippen LogP contribution in [0.15, 0.2) is 29.6 Å². The van der Waals surface area contributed by atoms with Gasteiger partial charge in [-0.1, -0.05) is 31.5 Å². The average Bonchev–Trinajstić information content (AvgIpc) is 2.50. The smallest absolute Gasteiger partial charge is 0.0345 e. The van der Waals surface area contributed by atoms with E-state index in [4.69, 9.17) is 0 Å². The van der Waals surface area contributed by atoms with E-state index in [1.165, 1.54) is 28.5 Å². The molecule has 1 heterocycles. The van der Waals surface area contributed by atoms with Gasteiger partial charge in [-0.3, -0.25) is 0 Å². The van der Waals surface area contributed by atoms with Gasteiger partial charge in [-0.2, -0.15) is 0 Å². The standard InChI is InChI=1S/C11H12S.HI/c1-2-5-9-8-12-11-7-4-3-6-10(9)11;/h3-4,6-8H,2,5H2,1H3;1H. The highest BCUT2D eigenvalue weighted by atomic mass is 127. The number of hydrogen-bond acceptors (Lipinski definition) is 1. The lowest BCUT2D eigenvalue weighted by molar-refractivity contribution is 0.933. The van der Waals surface area contributed by atoms with Crippen molar-refractivity contribution >= 4 is 45.4 Å². The van der Waals surface area contributed by atoms with Crippen LogP contribution < -0.4 is 0 Å². The van der Waals surface area contributed by atoms with E-state index < -0.39 is 0 Å². The fourth-order valence-electron chi connectivity index (χ4n) is 1.50. The minimum atomic E-state index is 0. The third kappa shape index (κ3) is 2.23. The van der Waals surface area contributed by atoms with Gasteiger partial charge in [0, 0.05) is 4.70 Å². The summed E-state index contributed by atoms with van der Waals surface area (Å²) in [4.78, 5) is 0. The van der Waals surface area contributed by atoms with Crippen molar-refractivity contribution in [3.05, 3.63) is 35.2 Å². The molecule has 0 N–H and O–H groups in total. The molecular weight excluding hydrogens is 291 g/mol. The van der Waals surface area contributed by atoms with E-state index in [-0.39, 0.29) is 24.0 Å². The maximum atomic E-state index is 2.29. The van der Waals surface area contributed by atoms with Gasteiger partial charge in [0.05, 0.1) is 0 Å². The molecule has 0 aliphatic rings. The minimum Gasteiger partial charge on any atom is -0.144 e. The lowest BCUT2D eigenvalue weighted by atomic mass is 10.1. The van der Waals surface area contributed by atoms with E-state index in [0.717, 1.165) is 0 Å². The third-order valence-corrected chi connectivity index (χ3v) is 3.09. The van der Waals surface area contributed by atoms with Gasteiger partial charge in [-0.25, -0.2) is 0 Å². The molecule has 0 spiro atoms. The van der Waals surface area contributed by atoms with Crippen LogP contribution in [0.5, 0.6) is 0 Å². The van der Waals surface area contributed by atoms with Gasteiger partial charge in [0.2, 0.25) is 0 Å². The van der Waals surface area contributed by atoms with E-state index in [1.807, 2.05) is 11.3 Å². The molecule has 13 heavy (non-hydrogen) atoms. The molecule has 2 rings (SSSR count). The Balaban J connectivity index is 0.000000845. The molecule has 2 aromatic rings. The zero-order valence-corrected chi connectivity index (χ0v) is 10.8. The first kappa shape index (κ1) is 11.0. The Morgan fingerprint density at radius 3 is 2.77 bits per heavy atom. The van der Waals surface area contributed by atoms with Gasteiger partial charge in [-0.15, -0.1) is 35.3 Å². The molecule has 0 saturated heterocycles. The molecule has 0 nitrogen and oxygen atoms in total. The van der Waals surface area contributed by atoms with Crippen molar-refractivity contribution in [2.75, 3.05) is 0 Å². The molecule has 70 valence electrons. The van der Waals surface area contributed by atoms with Crippen molar-refractivity contribution in [3.8, 4) is 0 Å². The van der Waals surface area contributed by atoms with Crippen LogP contribution in [-0.4, -0.2) is 0 Å². The van der Waals surface area contributed by atoms with Gasteiger partial charge in [0.15, 0.2) is 0 Å². The second kappa shape index (κ2) is 4.96. The first-order valence-electron chi connectivity index (χ1n) is 4.37. The van der Waals surface area contributed by atoms with Gasteiger partial charge in [0.25, 0.3) is 0 Å². The van der Waals surface area contributed by atoms with Gasteiger partial charge in [-0.05, 0) is 28.8 Å². The second-order valence-corrected chi connectivity index (χ2v) is 3.92. The van der Waals surface area contributed by atoms with Crippen LogP contribution in [0.2, 0.25) is 0 Å². The zero-order valence-electron chi connectivity index (χ0n) is 7.62. The molecule has 0 aliphatic heterocycles. The summed E-state index contributed by atoms with van der Waals surface area (Å²) in [5.74, 6) is 0. The highest BCUT2D eigenvalue weighted by Crippen LogP contribution is 2.26. The number of fused-ring (bicyclic) bond motifs is 1. The first-order chi connectivity index (χ1) is 5.92. The lowest BCUT2D eigenvalue weighted by Crippen LogP contribution is -1.77. The van der Waals surface area contributed by atoms with Crippen LogP contribution in [0.25, 0.3) is 10.1 Å². The minimum absolute atomic E-state index is 0. The molecule has 0 unspecified atom stereocenters. The summed E-state index contributed by atoms with van der Waals surface area (Å²) in [5.41, 5.74) is 1.51. The Morgan fingerprint density at radius 2 is 2.00 bits per heavy atom. The quantitative estimate of drug-likeness (QED) is 0.718. The highest BCUT2D eigenvalue weighted by molar-refractivity contribution is 14.0. The van der Waals surface area contributed by atoms with Crippen LogP contribution in [0.4, 0.5) is 0 Å². The Bertz CT molecular complexity index is 378.